The molecule has 7 nitrogen and oxygen atoms in total. The summed E-state index contributed by atoms with van der Waals surface area (Å²) in [4.78, 5) is 40.5. The second-order valence-corrected chi connectivity index (χ2v) is 7.91. The van der Waals surface area contributed by atoms with Crippen LogP contribution in [0.3, 0.4) is 0 Å². The Morgan fingerprint density at radius 3 is 2.03 bits per heavy atom. The third-order valence-electron chi connectivity index (χ3n) is 5.67. The summed E-state index contributed by atoms with van der Waals surface area (Å²) < 4.78 is 0. The predicted molar refractivity (Wildman–Crippen MR) is 114 cm³/mol. The summed E-state index contributed by atoms with van der Waals surface area (Å²) in [6.45, 7) is 5.59. The van der Waals surface area contributed by atoms with Crippen molar-refractivity contribution in [1.29, 1.82) is 0 Å². The number of carbonyl (C=O) groups excluding carboxylic acids is 2. The van der Waals surface area contributed by atoms with Gasteiger partial charge in [0, 0.05) is 25.2 Å². The maximum Gasteiger partial charge on any atom is 0.282 e. The summed E-state index contributed by atoms with van der Waals surface area (Å²) in [6, 6.07) is 13.3. The van der Waals surface area contributed by atoms with E-state index in [0.717, 1.165) is 18.4 Å². The van der Waals surface area contributed by atoms with Gasteiger partial charge in [0.1, 0.15) is 5.70 Å². The Morgan fingerprint density at radius 2 is 1.50 bits per heavy atom. The summed E-state index contributed by atoms with van der Waals surface area (Å²) in [5, 5.41) is 11.0. The molecule has 0 radical (unpaired) electrons. The van der Waals surface area contributed by atoms with Gasteiger partial charge in [-0.05, 0) is 54.2 Å². The van der Waals surface area contributed by atoms with Crippen LogP contribution in [0.2, 0.25) is 0 Å². The van der Waals surface area contributed by atoms with Gasteiger partial charge in [-0.25, -0.2) is 4.90 Å². The third kappa shape index (κ3) is 3.36. The number of hydrogen-bond acceptors (Lipinski definition) is 5. The minimum Gasteiger partial charge on any atom is -0.366 e. The Hall–Kier alpha value is -3.48. The van der Waals surface area contributed by atoms with Crippen LogP contribution in [0.1, 0.15) is 43.7 Å². The van der Waals surface area contributed by atoms with Crippen molar-refractivity contribution in [2.24, 2.45) is 0 Å². The highest BCUT2D eigenvalue weighted by atomic mass is 16.6. The Bertz CT molecular complexity index is 1030. The fraction of sp³-hybridized carbons (Fsp3) is 0.304. The van der Waals surface area contributed by atoms with Gasteiger partial charge in [0.2, 0.25) is 0 Å². The van der Waals surface area contributed by atoms with Crippen molar-refractivity contribution in [1.82, 2.24) is 4.90 Å². The molecular weight excluding hydrogens is 382 g/mol. The molecule has 0 bridgehead atoms. The number of amides is 2. The molecule has 2 amide bonds. The maximum absolute atomic E-state index is 13.4. The number of hydrogen-bond donors (Lipinski definition) is 0. The minimum absolute atomic E-state index is 0.0556. The van der Waals surface area contributed by atoms with E-state index in [2.05, 4.69) is 13.8 Å². The van der Waals surface area contributed by atoms with Crippen LogP contribution >= 0.6 is 0 Å². The van der Waals surface area contributed by atoms with Gasteiger partial charge in [-0.1, -0.05) is 26.0 Å². The molecule has 0 saturated carbocycles. The van der Waals surface area contributed by atoms with E-state index in [1.807, 2.05) is 17.0 Å². The van der Waals surface area contributed by atoms with E-state index < -0.39 is 10.8 Å². The molecule has 1 saturated heterocycles. The number of imide groups is 1. The molecule has 1 fully saturated rings. The Labute approximate surface area is 174 Å². The molecule has 2 heterocycles. The molecule has 0 atom stereocenters. The SMILES string of the molecule is CC(C)c1ccc(N2C(=O)C(c3ccc([N+](=O)[O-])cc3)=C(N3CCCC3)C2=O)cc1. The zero-order chi connectivity index (χ0) is 21.4. The molecule has 0 unspecified atom stereocenters. The number of benzene rings is 2. The van der Waals surface area contributed by atoms with Crippen molar-refractivity contribution in [2.45, 2.75) is 32.6 Å². The smallest absolute Gasteiger partial charge is 0.282 e. The van der Waals surface area contributed by atoms with Crippen molar-refractivity contribution < 1.29 is 14.5 Å². The summed E-state index contributed by atoms with van der Waals surface area (Å²) in [7, 11) is 0. The lowest BCUT2D eigenvalue weighted by atomic mass is 10.0. The van der Waals surface area contributed by atoms with Crippen molar-refractivity contribution >= 4 is 28.8 Å². The van der Waals surface area contributed by atoms with E-state index in [0.29, 0.717) is 41.5 Å². The first-order chi connectivity index (χ1) is 14.4. The van der Waals surface area contributed by atoms with Gasteiger partial charge >= 0.3 is 0 Å². The number of nitro groups is 1. The fourth-order valence-electron chi connectivity index (χ4n) is 4.01. The molecule has 4 rings (SSSR count). The number of carbonyl (C=O) groups is 2. The molecule has 0 aromatic heterocycles. The fourth-order valence-corrected chi connectivity index (χ4v) is 4.01. The van der Waals surface area contributed by atoms with Gasteiger partial charge in [-0.3, -0.25) is 19.7 Å². The predicted octanol–water partition coefficient (Wildman–Crippen LogP) is 4.10. The largest absolute Gasteiger partial charge is 0.366 e. The second-order valence-electron chi connectivity index (χ2n) is 7.91. The van der Waals surface area contributed by atoms with E-state index in [1.165, 1.54) is 17.0 Å². The average Bonchev–Trinajstić information content (AvgIpc) is 3.34. The first-order valence-electron chi connectivity index (χ1n) is 10.1. The van der Waals surface area contributed by atoms with Crippen molar-refractivity contribution in [3.05, 3.63) is 75.5 Å². The van der Waals surface area contributed by atoms with Gasteiger partial charge in [0.25, 0.3) is 17.5 Å². The molecular formula is C23H23N3O4. The van der Waals surface area contributed by atoms with Crippen LogP contribution in [0.5, 0.6) is 0 Å². The van der Waals surface area contributed by atoms with E-state index in [9.17, 15) is 19.7 Å². The maximum atomic E-state index is 13.4. The van der Waals surface area contributed by atoms with Crippen LogP contribution in [0.15, 0.2) is 54.2 Å². The molecule has 30 heavy (non-hydrogen) atoms. The van der Waals surface area contributed by atoms with Crippen LogP contribution in [0.25, 0.3) is 5.57 Å². The molecule has 2 aromatic rings. The molecule has 154 valence electrons. The third-order valence-corrected chi connectivity index (χ3v) is 5.67. The minimum atomic E-state index is -0.482. The van der Waals surface area contributed by atoms with Crippen LogP contribution in [-0.2, 0) is 9.59 Å². The number of nitrogens with zero attached hydrogens (tertiary/aromatic N) is 3. The van der Waals surface area contributed by atoms with Crippen LogP contribution < -0.4 is 4.90 Å². The number of non-ortho nitro benzene ring substituents is 1. The molecule has 2 aliphatic rings. The molecule has 0 spiro atoms. The second kappa shape index (κ2) is 7.74. The lowest BCUT2D eigenvalue weighted by molar-refractivity contribution is -0.384. The Kier molecular flexibility index (Phi) is 5.11. The van der Waals surface area contributed by atoms with Crippen LogP contribution in [0.4, 0.5) is 11.4 Å². The summed E-state index contributed by atoms with van der Waals surface area (Å²) >= 11 is 0. The van der Waals surface area contributed by atoms with Gasteiger partial charge < -0.3 is 4.90 Å². The first kappa shape index (κ1) is 19.8. The van der Waals surface area contributed by atoms with Gasteiger partial charge in [-0.15, -0.1) is 0 Å². The molecule has 2 aliphatic heterocycles. The highest BCUT2D eigenvalue weighted by Gasteiger charge is 2.43. The number of nitro benzene ring substituents is 1. The van der Waals surface area contributed by atoms with Crippen LogP contribution in [0, 0.1) is 10.1 Å². The average molecular weight is 405 g/mol. The number of rotatable bonds is 5. The Morgan fingerprint density at radius 1 is 0.900 bits per heavy atom. The van der Waals surface area contributed by atoms with Crippen molar-refractivity contribution in [2.75, 3.05) is 18.0 Å². The summed E-state index contributed by atoms with van der Waals surface area (Å²) in [6.07, 6.45) is 1.92. The van der Waals surface area contributed by atoms with E-state index in [1.54, 1.807) is 24.3 Å². The lowest BCUT2D eigenvalue weighted by Gasteiger charge is -2.20. The number of likely N-dealkylation sites (tertiary alicyclic amines) is 1. The standard InChI is InChI=1S/C23H23N3O4/c1-15(2)16-5-9-18(10-6-16)25-22(27)20(17-7-11-19(12-8-17)26(29)30)21(23(25)28)24-13-3-4-14-24/h5-12,15H,3-4,13-14H2,1-2H3. The number of anilines is 1. The first-order valence-corrected chi connectivity index (χ1v) is 10.1. The lowest BCUT2D eigenvalue weighted by Crippen LogP contribution is -2.34. The zero-order valence-electron chi connectivity index (χ0n) is 17.0. The van der Waals surface area contributed by atoms with E-state index >= 15 is 0 Å². The van der Waals surface area contributed by atoms with Gasteiger partial charge in [0.15, 0.2) is 0 Å². The Balaban J connectivity index is 1.77. The molecule has 0 N–H and O–H groups in total. The normalized spacial score (nSPS) is 16.9. The molecule has 7 heteroatoms. The van der Waals surface area contributed by atoms with Crippen molar-refractivity contribution in [3.63, 3.8) is 0 Å². The highest BCUT2D eigenvalue weighted by Crippen LogP contribution is 2.36. The van der Waals surface area contributed by atoms with Crippen LogP contribution in [-0.4, -0.2) is 34.7 Å². The van der Waals surface area contributed by atoms with E-state index in [-0.39, 0.29) is 11.6 Å². The zero-order valence-corrected chi connectivity index (χ0v) is 17.0. The van der Waals surface area contributed by atoms with Crippen molar-refractivity contribution in [3.8, 4) is 0 Å². The van der Waals surface area contributed by atoms with E-state index in [4.69, 9.17) is 0 Å². The van der Waals surface area contributed by atoms with Gasteiger partial charge in [0.05, 0.1) is 16.2 Å². The molecule has 2 aromatic carbocycles. The molecule has 0 aliphatic carbocycles. The summed E-state index contributed by atoms with van der Waals surface area (Å²) in [5.41, 5.74) is 2.82. The highest BCUT2D eigenvalue weighted by molar-refractivity contribution is 6.45. The van der Waals surface area contributed by atoms with Gasteiger partial charge in [-0.2, -0.15) is 0 Å². The quantitative estimate of drug-likeness (QED) is 0.425. The monoisotopic (exact) mass is 405 g/mol. The topological polar surface area (TPSA) is 83.8 Å². The summed E-state index contributed by atoms with van der Waals surface area (Å²) in [5.74, 6) is -0.390.